The minimum absolute atomic E-state index is 0.0448. The smallest absolute Gasteiger partial charge is 0.174 e. The van der Waals surface area contributed by atoms with Gasteiger partial charge in [0.05, 0.1) is 11.0 Å². The van der Waals surface area contributed by atoms with E-state index in [0.717, 1.165) is 24.2 Å². The van der Waals surface area contributed by atoms with Crippen molar-refractivity contribution < 1.29 is 19.7 Å². The summed E-state index contributed by atoms with van der Waals surface area (Å²) < 4.78 is 6.06. The first-order valence-corrected chi connectivity index (χ1v) is 10.1. The molecule has 5 nitrogen and oxygen atoms in total. The number of hydrogen-bond acceptors (Lipinski definition) is 5. The monoisotopic (exact) mass is 377 g/mol. The molecule has 1 spiro atoms. The van der Waals surface area contributed by atoms with Gasteiger partial charge in [-0.2, -0.15) is 0 Å². The second-order valence-corrected chi connectivity index (χ2v) is 8.73. The Morgan fingerprint density at radius 3 is 2.79 bits per heavy atom. The molecule has 0 unspecified atom stereocenters. The highest BCUT2D eigenvalue weighted by Gasteiger charge is 2.73. The van der Waals surface area contributed by atoms with Crippen LogP contribution in [0.15, 0.2) is 42.5 Å². The van der Waals surface area contributed by atoms with Crippen LogP contribution in [0.3, 0.4) is 0 Å². The summed E-state index contributed by atoms with van der Waals surface area (Å²) >= 11 is 0. The van der Waals surface area contributed by atoms with E-state index in [9.17, 15) is 15.0 Å². The van der Waals surface area contributed by atoms with E-state index in [-0.39, 0.29) is 17.6 Å². The van der Waals surface area contributed by atoms with Crippen LogP contribution in [0.2, 0.25) is 0 Å². The van der Waals surface area contributed by atoms with Gasteiger partial charge < -0.3 is 14.9 Å². The molecule has 2 aliphatic heterocycles. The molecule has 4 aliphatic rings. The molecular weight excluding hydrogens is 354 g/mol. The third kappa shape index (κ3) is 1.82. The van der Waals surface area contributed by atoms with Gasteiger partial charge in [0.15, 0.2) is 23.4 Å². The van der Waals surface area contributed by atoms with Crippen molar-refractivity contribution in [1.29, 1.82) is 0 Å². The number of benzene rings is 2. The Bertz CT molecular complexity index is 990. The number of phenolic OH excluding ortho intramolecular Hbond substituents is 1. The van der Waals surface area contributed by atoms with E-state index in [0.29, 0.717) is 31.4 Å². The number of ketones is 1. The molecule has 2 heterocycles. The van der Waals surface area contributed by atoms with Crippen LogP contribution in [0.25, 0.3) is 0 Å². The summed E-state index contributed by atoms with van der Waals surface area (Å²) in [5.74, 6) is 0.539. The van der Waals surface area contributed by atoms with Crippen LogP contribution in [0, 0.1) is 0 Å². The summed E-state index contributed by atoms with van der Waals surface area (Å²) in [7, 11) is 0. The maximum absolute atomic E-state index is 12.8. The summed E-state index contributed by atoms with van der Waals surface area (Å²) in [6.07, 6.45) is 1.46. The van der Waals surface area contributed by atoms with Gasteiger partial charge in [0.1, 0.15) is 0 Å². The largest absolute Gasteiger partial charge is 0.504 e. The van der Waals surface area contributed by atoms with Gasteiger partial charge in [0.2, 0.25) is 0 Å². The summed E-state index contributed by atoms with van der Waals surface area (Å²) in [5.41, 5.74) is 1.46. The quantitative estimate of drug-likeness (QED) is 0.841. The van der Waals surface area contributed by atoms with Gasteiger partial charge in [0.25, 0.3) is 0 Å². The molecule has 2 aliphatic carbocycles. The number of ether oxygens (including phenoxy) is 1. The highest BCUT2D eigenvalue weighted by molar-refractivity contribution is 5.90. The fourth-order valence-corrected chi connectivity index (χ4v) is 6.42. The first kappa shape index (κ1) is 16.6. The third-order valence-corrected chi connectivity index (χ3v) is 7.60. The van der Waals surface area contributed by atoms with Crippen molar-refractivity contribution in [2.45, 2.75) is 55.4 Å². The van der Waals surface area contributed by atoms with Crippen LogP contribution in [0.5, 0.6) is 11.5 Å². The molecule has 6 rings (SSSR count). The van der Waals surface area contributed by atoms with Crippen LogP contribution in [-0.2, 0) is 23.2 Å². The second-order valence-electron chi connectivity index (χ2n) is 8.73. The zero-order valence-corrected chi connectivity index (χ0v) is 15.6. The normalized spacial score (nSPS) is 35.4. The molecule has 4 atom stereocenters. The number of hydrogen-bond donors (Lipinski definition) is 2. The van der Waals surface area contributed by atoms with Crippen molar-refractivity contribution in [3.63, 3.8) is 0 Å². The molecule has 0 amide bonds. The van der Waals surface area contributed by atoms with E-state index in [1.807, 2.05) is 24.3 Å². The van der Waals surface area contributed by atoms with E-state index >= 15 is 0 Å². The van der Waals surface area contributed by atoms with Crippen molar-refractivity contribution in [2.24, 2.45) is 0 Å². The second kappa shape index (κ2) is 5.37. The number of phenols is 1. The highest BCUT2D eigenvalue weighted by atomic mass is 16.5. The Hall–Kier alpha value is -2.37. The van der Waals surface area contributed by atoms with Crippen LogP contribution in [-0.4, -0.2) is 45.2 Å². The Balaban J connectivity index is 1.51. The molecule has 0 radical (unpaired) electrons. The van der Waals surface area contributed by atoms with E-state index in [1.165, 1.54) is 5.56 Å². The van der Waals surface area contributed by atoms with Gasteiger partial charge in [-0.05, 0) is 36.5 Å². The van der Waals surface area contributed by atoms with E-state index in [1.54, 1.807) is 6.07 Å². The number of aliphatic hydroxyl groups is 1. The molecule has 2 bridgehead atoms. The number of Topliss-reactive ketones (excluding diaryl/α,β-unsaturated/α-hetero) is 1. The van der Waals surface area contributed by atoms with Crippen LogP contribution < -0.4 is 4.74 Å². The van der Waals surface area contributed by atoms with E-state index in [4.69, 9.17) is 4.74 Å². The molecule has 1 saturated carbocycles. The maximum Gasteiger partial charge on any atom is 0.174 e. The molecule has 5 heteroatoms. The van der Waals surface area contributed by atoms with Gasteiger partial charge >= 0.3 is 0 Å². The standard InChI is InChI=1S/C23H23NO4/c25-16-7-6-15-12-18-23(27)9-8-17(26)21-22(23,19(15)20(16)28-21)10-11-24(18)13-14-4-2-1-3-5-14/h1-7,18,21,25,27H,8-13H2/t18-,21+,22+,23-/m1/s1. The molecule has 2 N–H and O–H groups in total. The molecule has 2 fully saturated rings. The number of nitrogens with zero attached hydrogens (tertiary/aromatic N) is 1. The Morgan fingerprint density at radius 2 is 1.96 bits per heavy atom. The molecule has 1 saturated heterocycles. The summed E-state index contributed by atoms with van der Waals surface area (Å²) in [4.78, 5) is 15.2. The molecule has 2 aromatic rings. The number of likely N-dealkylation sites (tertiary alicyclic amines) is 1. The summed E-state index contributed by atoms with van der Waals surface area (Å²) in [6.45, 7) is 1.58. The predicted octanol–water partition coefficient (Wildman–Crippen LogP) is 2.32. The number of piperidine rings is 1. The van der Waals surface area contributed by atoms with Crippen molar-refractivity contribution in [2.75, 3.05) is 6.54 Å². The van der Waals surface area contributed by atoms with Crippen molar-refractivity contribution >= 4 is 5.78 Å². The lowest BCUT2D eigenvalue weighted by atomic mass is 9.49. The average Bonchev–Trinajstić information content (AvgIpc) is 3.05. The lowest BCUT2D eigenvalue weighted by Gasteiger charge is -2.62. The Morgan fingerprint density at radius 1 is 1.14 bits per heavy atom. The lowest BCUT2D eigenvalue weighted by molar-refractivity contribution is -0.189. The van der Waals surface area contributed by atoms with Crippen LogP contribution in [0.4, 0.5) is 0 Å². The van der Waals surface area contributed by atoms with E-state index in [2.05, 4.69) is 17.0 Å². The first-order chi connectivity index (χ1) is 13.5. The predicted molar refractivity (Wildman–Crippen MR) is 102 cm³/mol. The number of aromatic hydroxyl groups is 1. The minimum atomic E-state index is -1.02. The zero-order valence-electron chi connectivity index (χ0n) is 15.6. The number of carbonyl (C=O) groups excluding carboxylic acids is 1. The number of carbonyl (C=O) groups is 1. The number of rotatable bonds is 2. The molecule has 2 aromatic carbocycles. The van der Waals surface area contributed by atoms with Crippen LogP contribution >= 0.6 is 0 Å². The van der Waals surface area contributed by atoms with Crippen molar-refractivity contribution in [3.05, 3.63) is 59.2 Å². The van der Waals surface area contributed by atoms with Gasteiger partial charge in [-0.3, -0.25) is 9.69 Å². The SMILES string of the molecule is O=C1CC[C@@]2(O)[C@H]3Cc4ccc(O)c5c4[C@@]2(CCN3Cc2ccccc2)[C@H]1O5. The van der Waals surface area contributed by atoms with E-state index < -0.39 is 17.1 Å². The summed E-state index contributed by atoms with van der Waals surface area (Å²) in [5, 5.41) is 22.5. The fraction of sp³-hybridized carbons (Fsp3) is 0.435. The zero-order chi connectivity index (χ0) is 19.1. The minimum Gasteiger partial charge on any atom is -0.504 e. The van der Waals surface area contributed by atoms with Crippen LogP contribution in [0.1, 0.15) is 36.0 Å². The fourth-order valence-electron chi connectivity index (χ4n) is 6.42. The van der Waals surface area contributed by atoms with Gasteiger partial charge in [0, 0.05) is 31.1 Å². The first-order valence-electron chi connectivity index (χ1n) is 10.1. The van der Waals surface area contributed by atoms with Gasteiger partial charge in [-0.15, -0.1) is 0 Å². The molecule has 144 valence electrons. The lowest BCUT2D eigenvalue weighted by Crippen LogP contribution is -2.76. The molecular formula is C23H23NO4. The topological polar surface area (TPSA) is 70.0 Å². The summed E-state index contributed by atoms with van der Waals surface area (Å²) in [6, 6.07) is 13.9. The molecule has 28 heavy (non-hydrogen) atoms. The highest BCUT2D eigenvalue weighted by Crippen LogP contribution is 2.64. The van der Waals surface area contributed by atoms with Crippen molar-refractivity contribution in [3.8, 4) is 11.5 Å². The van der Waals surface area contributed by atoms with Gasteiger partial charge in [-0.25, -0.2) is 0 Å². The third-order valence-electron chi connectivity index (χ3n) is 7.60. The average molecular weight is 377 g/mol. The van der Waals surface area contributed by atoms with Crippen molar-refractivity contribution in [1.82, 2.24) is 4.90 Å². The maximum atomic E-state index is 12.8. The molecule has 0 aromatic heterocycles. The van der Waals surface area contributed by atoms with Gasteiger partial charge in [-0.1, -0.05) is 36.4 Å². The Labute approximate surface area is 163 Å². The Kier molecular flexibility index (Phi) is 3.18.